The van der Waals surface area contributed by atoms with E-state index < -0.39 is 0 Å². The van der Waals surface area contributed by atoms with E-state index in [1.165, 1.54) is 0 Å². The van der Waals surface area contributed by atoms with Crippen LogP contribution in [0.3, 0.4) is 0 Å². The Balaban J connectivity index is 0.00000173. The van der Waals surface area contributed by atoms with Crippen LogP contribution >= 0.6 is 0 Å². The maximum Gasteiger partial charge on any atom is 0.133 e. The molecule has 5 nitrogen and oxygen atoms in total. The lowest BCUT2D eigenvalue weighted by Crippen LogP contribution is -2.32. The first-order valence-electron chi connectivity index (χ1n) is 16.2. The molecule has 5 aromatic rings. The molecule has 5 rings (SSSR count). The highest BCUT2D eigenvalue weighted by molar-refractivity contribution is 6.21. The minimum atomic E-state index is -0.237. The van der Waals surface area contributed by atoms with Crippen molar-refractivity contribution in [1.29, 1.82) is 0 Å². The van der Waals surface area contributed by atoms with Gasteiger partial charge in [-0.25, -0.2) is 9.37 Å². The smallest absolute Gasteiger partial charge is 0.133 e. The predicted octanol–water partition coefficient (Wildman–Crippen LogP) is 11.1. The van der Waals surface area contributed by atoms with Gasteiger partial charge in [-0.2, -0.15) is 0 Å². The maximum atomic E-state index is 15.6. The molecule has 2 unspecified atom stereocenters. The quantitative estimate of drug-likeness (QED) is 0.151. The highest BCUT2D eigenvalue weighted by atomic mass is 19.1. The molecule has 0 aliphatic carbocycles. The fourth-order valence-electron chi connectivity index (χ4n) is 6.27. The van der Waals surface area contributed by atoms with Gasteiger partial charge >= 0.3 is 0 Å². The number of aromatic nitrogens is 4. The van der Waals surface area contributed by atoms with Crippen molar-refractivity contribution in [2.24, 2.45) is 5.92 Å². The second kappa shape index (κ2) is 14.6. The third-order valence-corrected chi connectivity index (χ3v) is 8.72. The lowest BCUT2D eigenvalue weighted by Gasteiger charge is -2.25. The van der Waals surface area contributed by atoms with Gasteiger partial charge in [-0.3, -0.25) is 9.97 Å². The van der Waals surface area contributed by atoms with Crippen molar-refractivity contribution >= 4 is 38.5 Å². The summed E-state index contributed by atoms with van der Waals surface area (Å²) >= 11 is 0. The number of H-pyrrole nitrogens is 1. The van der Waals surface area contributed by atoms with Crippen LogP contribution in [-0.2, 0) is 0 Å². The Morgan fingerprint density at radius 2 is 1.58 bits per heavy atom. The van der Waals surface area contributed by atoms with Crippen LogP contribution in [-0.4, -0.2) is 26.0 Å². The van der Waals surface area contributed by atoms with E-state index >= 15 is 4.39 Å². The molecule has 0 bridgehead atoms. The van der Waals surface area contributed by atoms with Crippen molar-refractivity contribution in [2.75, 3.05) is 0 Å². The highest BCUT2D eigenvalue weighted by Gasteiger charge is 2.20. The third-order valence-electron chi connectivity index (χ3n) is 8.72. The van der Waals surface area contributed by atoms with Gasteiger partial charge < -0.3 is 10.3 Å². The van der Waals surface area contributed by atoms with Crippen LogP contribution in [0.4, 0.5) is 4.39 Å². The Morgan fingerprint density at radius 1 is 0.907 bits per heavy atom. The summed E-state index contributed by atoms with van der Waals surface area (Å²) < 4.78 is 15.6. The molecule has 0 radical (unpaired) electrons. The van der Waals surface area contributed by atoms with E-state index in [2.05, 4.69) is 63.1 Å². The average Bonchev–Trinajstić information content (AvgIpc) is 3.50. The summed E-state index contributed by atoms with van der Waals surface area (Å²) in [6, 6.07) is 12.0. The molecule has 3 aromatic carbocycles. The van der Waals surface area contributed by atoms with Crippen LogP contribution in [0, 0.1) is 11.7 Å². The molecule has 2 N–H and O–H groups in total. The zero-order chi connectivity index (χ0) is 31.1. The number of imidazole rings is 1. The molecule has 2 atom stereocenters. The van der Waals surface area contributed by atoms with Gasteiger partial charge in [0.15, 0.2) is 0 Å². The van der Waals surface area contributed by atoms with Crippen molar-refractivity contribution in [3.63, 3.8) is 0 Å². The Kier molecular flexibility index (Phi) is 10.9. The van der Waals surface area contributed by atoms with Gasteiger partial charge in [0, 0.05) is 49.2 Å². The first-order valence-corrected chi connectivity index (χ1v) is 16.2. The Labute approximate surface area is 259 Å². The van der Waals surface area contributed by atoms with Gasteiger partial charge in [0.1, 0.15) is 17.2 Å². The number of benzene rings is 3. The van der Waals surface area contributed by atoms with Crippen molar-refractivity contribution in [1.82, 2.24) is 25.3 Å². The number of nitrogens with one attached hydrogen (secondary N) is 2. The van der Waals surface area contributed by atoms with E-state index in [1.54, 1.807) is 18.5 Å². The molecule has 2 aromatic heterocycles. The fourth-order valence-corrected chi connectivity index (χ4v) is 6.27. The standard InChI is InChI=1S/C35H42FN5.C2H6.2H2/c1-7-12-23(10-4)35-40-32-26-15-13-24(19-28(26)31-33(34(32)41-35)38-18-17-37-31)25-14-16-27(29(36)20-25)30(11-5)39-21(6)22(8-2)9-3;1-2;;/h11,13-23,39H,7-10,12H2,1-6H3,(H,40,41);1-2H3;2*1H/b30-11-;;;. The molecule has 0 aliphatic heterocycles. The van der Waals surface area contributed by atoms with Crippen LogP contribution in [0.5, 0.6) is 0 Å². The van der Waals surface area contributed by atoms with Crippen LogP contribution in [0.2, 0.25) is 0 Å². The second-order valence-corrected chi connectivity index (χ2v) is 11.2. The summed E-state index contributed by atoms with van der Waals surface area (Å²) in [5, 5.41) is 5.56. The summed E-state index contributed by atoms with van der Waals surface area (Å²) in [5.41, 5.74) is 6.67. The third kappa shape index (κ3) is 6.43. The molecule has 0 saturated carbocycles. The summed E-state index contributed by atoms with van der Waals surface area (Å²) in [6.45, 7) is 17.0. The summed E-state index contributed by atoms with van der Waals surface area (Å²) in [7, 11) is 0. The van der Waals surface area contributed by atoms with Gasteiger partial charge in [0.05, 0.1) is 16.6 Å². The van der Waals surface area contributed by atoms with E-state index in [-0.39, 0.29) is 14.7 Å². The topological polar surface area (TPSA) is 66.5 Å². The van der Waals surface area contributed by atoms with Crippen molar-refractivity contribution in [3.8, 4) is 11.1 Å². The summed E-state index contributed by atoms with van der Waals surface area (Å²) in [6.07, 6.45) is 10.8. The minimum Gasteiger partial charge on any atom is -0.382 e. The first kappa shape index (κ1) is 32.1. The molecule has 0 saturated heterocycles. The summed E-state index contributed by atoms with van der Waals surface area (Å²) in [4.78, 5) is 18.1. The van der Waals surface area contributed by atoms with E-state index in [0.29, 0.717) is 17.4 Å². The number of hydrogen-bond acceptors (Lipinski definition) is 4. The van der Waals surface area contributed by atoms with E-state index in [4.69, 9.17) is 15.0 Å². The maximum absolute atomic E-state index is 15.6. The molecule has 0 amide bonds. The number of nitrogens with zero attached hydrogens (tertiary/aromatic N) is 3. The lowest BCUT2D eigenvalue weighted by atomic mass is 9.94. The van der Waals surface area contributed by atoms with E-state index in [1.807, 2.05) is 39.0 Å². The number of halogens is 1. The van der Waals surface area contributed by atoms with Crippen LogP contribution in [0.1, 0.15) is 108 Å². The molecule has 0 fully saturated rings. The van der Waals surface area contributed by atoms with Gasteiger partial charge in [0.25, 0.3) is 0 Å². The van der Waals surface area contributed by atoms with E-state index in [0.717, 1.165) is 87.6 Å². The SMILES string of the molecule is C/C=C(\NC(C)C(CC)CC)c1ccc(-c2ccc3c(c2)c2nccnc2c2[nH]c(C(CC)CCC)nc32)cc1F.CC.[HH].[HH]. The molecular formula is C37H52FN5. The van der Waals surface area contributed by atoms with Crippen LogP contribution in [0.25, 0.3) is 49.7 Å². The number of rotatable bonds is 11. The van der Waals surface area contributed by atoms with Crippen LogP contribution in [0.15, 0.2) is 54.9 Å². The van der Waals surface area contributed by atoms with Gasteiger partial charge in [-0.05, 0) is 61.9 Å². The molecule has 2 heterocycles. The Bertz CT molecular complexity index is 1710. The summed E-state index contributed by atoms with van der Waals surface area (Å²) in [5.74, 6) is 1.69. The zero-order valence-electron chi connectivity index (χ0n) is 27.2. The average molecular weight is 586 g/mol. The number of fused-ring (bicyclic) bond motifs is 6. The molecule has 0 spiro atoms. The second-order valence-electron chi connectivity index (χ2n) is 11.2. The van der Waals surface area contributed by atoms with Gasteiger partial charge in [-0.15, -0.1) is 0 Å². The van der Waals surface area contributed by atoms with Gasteiger partial charge in [-0.1, -0.05) is 85.1 Å². The molecular weight excluding hydrogens is 533 g/mol. The number of aromatic amines is 1. The Hall–Kier alpha value is -3.80. The fraction of sp³-hybridized carbons (Fsp3) is 0.432. The monoisotopic (exact) mass is 585 g/mol. The largest absolute Gasteiger partial charge is 0.382 e. The van der Waals surface area contributed by atoms with Crippen molar-refractivity contribution in [2.45, 2.75) is 99.5 Å². The molecule has 43 heavy (non-hydrogen) atoms. The number of hydrogen-bond donors (Lipinski definition) is 2. The van der Waals surface area contributed by atoms with Crippen LogP contribution < -0.4 is 5.32 Å². The predicted molar refractivity (Wildman–Crippen MR) is 186 cm³/mol. The van der Waals surface area contributed by atoms with Crippen molar-refractivity contribution in [3.05, 3.63) is 72.1 Å². The molecule has 6 heteroatoms. The minimum absolute atomic E-state index is 0. The zero-order valence-corrected chi connectivity index (χ0v) is 27.2. The number of allylic oxidation sites excluding steroid dienone is 1. The molecule has 0 aliphatic rings. The Morgan fingerprint density at radius 3 is 2.21 bits per heavy atom. The normalized spacial score (nSPS) is 13.4. The van der Waals surface area contributed by atoms with Gasteiger partial charge in [0.2, 0.25) is 0 Å². The first-order chi connectivity index (χ1) is 20.9. The highest BCUT2D eigenvalue weighted by Crippen LogP contribution is 2.36. The van der Waals surface area contributed by atoms with Crippen molar-refractivity contribution < 1.29 is 7.24 Å². The lowest BCUT2D eigenvalue weighted by molar-refractivity contribution is 0.386. The molecule has 232 valence electrons. The van der Waals surface area contributed by atoms with E-state index in [9.17, 15) is 0 Å².